The van der Waals surface area contributed by atoms with E-state index in [-0.39, 0.29) is 5.91 Å². The van der Waals surface area contributed by atoms with Gasteiger partial charge in [0, 0.05) is 11.4 Å². The van der Waals surface area contributed by atoms with Crippen molar-refractivity contribution in [2.75, 3.05) is 12.4 Å². The Labute approximate surface area is 140 Å². The third-order valence-electron chi connectivity index (χ3n) is 3.75. The molecule has 1 heterocycles. The molecule has 3 aromatic rings. The van der Waals surface area contributed by atoms with Crippen molar-refractivity contribution in [3.8, 4) is 11.4 Å². The number of rotatable bonds is 4. The highest BCUT2D eigenvalue weighted by Crippen LogP contribution is 2.17. The Bertz CT molecular complexity index is 849. The lowest BCUT2D eigenvalue weighted by Gasteiger charge is -2.05. The van der Waals surface area contributed by atoms with Crippen molar-refractivity contribution in [2.45, 2.75) is 13.8 Å². The summed E-state index contributed by atoms with van der Waals surface area (Å²) in [5.41, 5.74) is 4.09. The molecule has 0 bridgehead atoms. The van der Waals surface area contributed by atoms with E-state index in [0.717, 1.165) is 17.1 Å². The molecule has 0 aliphatic heterocycles. The molecule has 0 spiro atoms. The summed E-state index contributed by atoms with van der Waals surface area (Å²) in [6.07, 6.45) is 0. The minimum atomic E-state index is -0.242. The van der Waals surface area contributed by atoms with Crippen LogP contribution >= 0.6 is 0 Å². The fourth-order valence-corrected chi connectivity index (χ4v) is 2.40. The lowest BCUT2D eigenvalue weighted by atomic mass is 10.2. The molecule has 1 aromatic heterocycles. The lowest BCUT2D eigenvalue weighted by molar-refractivity contribution is 0.102. The number of anilines is 1. The van der Waals surface area contributed by atoms with Crippen LogP contribution < -0.4 is 10.1 Å². The number of aryl methyl sites for hydroxylation is 2. The molecule has 0 unspecified atom stereocenters. The second-order valence-corrected chi connectivity index (χ2v) is 5.60. The second kappa shape index (κ2) is 6.58. The molecule has 5 heteroatoms. The van der Waals surface area contributed by atoms with E-state index >= 15 is 0 Å². The Morgan fingerprint density at radius 1 is 1.04 bits per heavy atom. The van der Waals surface area contributed by atoms with Crippen LogP contribution in [0.3, 0.4) is 0 Å². The van der Waals surface area contributed by atoms with Gasteiger partial charge in [-0.25, -0.2) is 4.68 Å². The van der Waals surface area contributed by atoms with E-state index in [4.69, 9.17) is 4.74 Å². The summed E-state index contributed by atoms with van der Waals surface area (Å²) in [6.45, 7) is 3.96. The summed E-state index contributed by atoms with van der Waals surface area (Å²) in [4.78, 5) is 12.4. The predicted octanol–water partition coefficient (Wildman–Crippen LogP) is 3.75. The standard InChI is InChI=1S/C19H19N3O2/c1-13-4-8-16(9-5-13)22-14(2)12-18(21-22)19(23)20-15-6-10-17(24-3)11-7-15/h4-12H,1-3H3,(H,20,23). The maximum absolute atomic E-state index is 12.4. The molecule has 5 nitrogen and oxygen atoms in total. The van der Waals surface area contributed by atoms with Gasteiger partial charge in [0.2, 0.25) is 0 Å². The first kappa shape index (κ1) is 15.8. The predicted molar refractivity (Wildman–Crippen MR) is 94.0 cm³/mol. The number of hydrogen-bond donors (Lipinski definition) is 1. The van der Waals surface area contributed by atoms with Crippen LogP contribution in [0.4, 0.5) is 5.69 Å². The molecular formula is C19H19N3O2. The number of methoxy groups -OCH3 is 1. The molecule has 3 rings (SSSR count). The van der Waals surface area contributed by atoms with Crippen molar-refractivity contribution < 1.29 is 9.53 Å². The lowest BCUT2D eigenvalue weighted by Crippen LogP contribution is -2.13. The molecular weight excluding hydrogens is 302 g/mol. The van der Waals surface area contributed by atoms with Crippen molar-refractivity contribution in [2.24, 2.45) is 0 Å². The zero-order valence-electron chi connectivity index (χ0n) is 13.9. The summed E-state index contributed by atoms with van der Waals surface area (Å²) in [5.74, 6) is 0.502. The van der Waals surface area contributed by atoms with E-state index in [1.165, 1.54) is 5.56 Å². The number of carbonyl (C=O) groups is 1. The average Bonchev–Trinajstić information content (AvgIpc) is 2.98. The summed E-state index contributed by atoms with van der Waals surface area (Å²) >= 11 is 0. The minimum absolute atomic E-state index is 0.242. The van der Waals surface area contributed by atoms with E-state index in [9.17, 15) is 4.79 Å². The molecule has 0 fully saturated rings. The number of nitrogens with one attached hydrogen (secondary N) is 1. The number of aromatic nitrogens is 2. The zero-order chi connectivity index (χ0) is 17.1. The van der Waals surface area contributed by atoms with Gasteiger partial charge in [0.25, 0.3) is 5.91 Å². The summed E-state index contributed by atoms with van der Waals surface area (Å²) < 4.78 is 6.87. The SMILES string of the molecule is COc1ccc(NC(=O)c2cc(C)n(-c3ccc(C)cc3)n2)cc1. The van der Waals surface area contributed by atoms with Gasteiger partial charge in [-0.2, -0.15) is 5.10 Å². The van der Waals surface area contributed by atoms with Crippen LogP contribution in [-0.4, -0.2) is 22.8 Å². The molecule has 24 heavy (non-hydrogen) atoms. The summed E-state index contributed by atoms with van der Waals surface area (Å²) in [5, 5.41) is 7.26. The van der Waals surface area contributed by atoms with Crippen LogP contribution in [0, 0.1) is 13.8 Å². The van der Waals surface area contributed by atoms with Gasteiger partial charge in [-0.05, 0) is 56.3 Å². The first-order chi connectivity index (χ1) is 11.6. The van der Waals surface area contributed by atoms with Crippen LogP contribution in [0.1, 0.15) is 21.7 Å². The van der Waals surface area contributed by atoms with Gasteiger partial charge in [-0.15, -0.1) is 0 Å². The van der Waals surface area contributed by atoms with Gasteiger partial charge < -0.3 is 10.1 Å². The number of benzene rings is 2. The topological polar surface area (TPSA) is 56.1 Å². The fraction of sp³-hybridized carbons (Fsp3) is 0.158. The fourth-order valence-electron chi connectivity index (χ4n) is 2.40. The van der Waals surface area contributed by atoms with Crippen molar-refractivity contribution in [3.63, 3.8) is 0 Å². The smallest absolute Gasteiger partial charge is 0.276 e. The Balaban J connectivity index is 1.80. The Morgan fingerprint density at radius 3 is 2.33 bits per heavy atom. The molecule has 0 saturated carbocycles. The first-order valence-corrected chi connectivity index (χ1v) is 7.66. The van der Waals surface area contributed by atoms with Crippen LogP contribution in [0.5, 0.6) is 5.75 Å². The third-order valence-corrected chi connectivity index (χ3v) is 3.75. The van der Waals surface area contributed by atoms with Gasteiger partial charge >= 0.3 is 0 Å². The van der Waals surface area contributed by atoms with Gasteiger partial charge in [0.05, 0.1) is 12.8 Å². The largest absolute Gasteiger partial charge is 0.497 e. The molecule has 122 valence electrons. The van der Waals surface area contributed by atoms with Crippen molar-refractivity contribution in [3.05, 3.63) is 71.5 Å². The molecule has 0 aliphatic rings. The van der Waals surface area contributed by atoms with Gasteiger partial charge in [0.15, 0.2) is 5.69 Å². The highest BCUT2D eigenvalue weighted by molar-refractivity contribution is 6.03. The Morgan fingerprint density at radius 2 is 1.71 bits per heavy atom. The van der Waals surface area contributed by atoms with Crippen LogP contribution in [0.15, 0.2) is 54.6 Å². The highest BCUT2D eigenvalue weighted by atomic mass is 16.5. The monoisotopic (exact) mass is 321 g/mol. The molecule has 0 atom stereocenters. The zero-order valence-corrected chi connectivity index (χ0v) is 13.9. The number of carbonyl (C=O) groups excluding carboxylic acids is 1. The number of hydrogen-bond acceptors (Lipinski definition) is 3. The second-order valence-electron chi connectivity index (χ2n) is 5.60. The highest BCUT2D eigenvalue weighted by Gasteiger charge is 2.13. The molecule has 0 saturated heterocycles. The van der Waals surface area contributed by atoms with Crippen LogP contribution in [0.25, 0.3) is 5.69 Å². The van der Waals surface area contributed by atoms with Crippen molar-refractivity contribution in [1.82, 2.24) is 9.78 Å². The van der Waals surface area contributed by atoms with Gasteiger partial charge in [-0.1, -0.05) is 17.7 Å². The quantitative estimate of drug-likeness (QED) is 0.796. The first-order valence-electron chi connectivity index (χ1n) is 7.66. The molecule has 0 aliphatic carbocycles. The average molecular weight is 321 g/mol. The number of ether oxygens (including phenoxy) is 1. The maximum Gasteiger partial charge on any atom is 0.276 e. The van der Waals surface area contributed by atoms with Crippen LogP contribution in [0.2, 0.25) is 0 Å². The molecule has 2 aromatic carbocycles. The summed E-state index contributed by atoms with van der Waals surface area (Å²) in [7, 11) is 1.61. The Kier molecular flexibility index (Phi) is 4.33. The van der Waals surface area contributed by atoms with Crippen molar-refractivity contribution in [1.29, 1.82) is 0 Å². The van der Waals surface area contributed by atoms with E-state index < -0.39 is 0 Å². The van der Waals surface area contributed by atoms with E-state index in [2.05, 4.69) is 10.4 Å². The van der Waals surface area contributed by atoms with E-state index in [1.54, 1.807) is 42.1 Å². The number of nitrogens with zero attached hydrogens (tertiary/aromatic N) is 2. The number of amides is 1. The van der Waals surface area contributed by atoms with E-state index in [0.29, 0.717) is 11.4 Å². The normalized spacial score (nSPS) is 10.5. The van der Waals surface area contributed by atoms with E-state index in [1.807, 2.05) is 38.1 Å². The van der Waals surface area contributed by atoms with Gasteiger partial charge in [-0.3, -0.25) is 4.79 Å². The van der Waals surface area contributed by atoms with Gasteiger partial charge in [0.1, 0.15) is 5.75 Å². The summed E-state index contributed by atoms with van der Waals surface area (Å²) in [6, 6.07) is 17.0. The molecule has 1 amide bonds. The third kappa shape index (κ3) is 3.30. The van der Waals surface area contributed by atoms with Crippen molar-refractivity contribution >= 4 is 11.6 Å². The minimum Gasteiger partial charge on any atom is -0.497 e. The van der Waals surface area contributed by atoms with Crippen LogP contribution in [-0.2, 0) is 0 Å². The molecule has 1 N–H and O–H groups in total. The Hall–Kier alpha value is -3.08. The maximum atomic E-state index is 12.4. The molecule has 0 radical (unpaired) electrons.